The minimum Gasteiger partial charge on any atom is -0.438 e. The Morgan fingerprint density at radius 2 is 2.00 bits per heavy atom. The second-order valence-corrected chi connectivity index (χ2v) is 5.52. The zero-order chi connectivity index (χ0) is 15.4. The van der Waals surface area contributed by atoms with E-state index in [0.29, 0.717) is 24.0 Å². The molecule has 0 unspecified atom stereocenters. The topological polar surface area (TPSA) is 34.1 Å². The molecule has 0 radical (unpaired) electrons. The highest BCUT2D eigenvalue weighted by Gasteiger charge is 2.10. The first-order valence-electron chi connectivity index (χ1n) is 7.08. The van der Waals surface area contributed by atoms with Gasteiger partial charge in [0.15, 0.2) is 0 Å². The summed E-state index contributed by atoms with van der Waals surface area (Å²) in [5, 5.41) is 3.25. The quantitative estimate of drug-likeness (QED) is 0.898. The lowest BCUT2D eigenvalue weighted by Crippen LogP contribution is -2.22. The molecule has 0 spiro atoms. The third-order valence-corrected chi connectivity index (χ3v) is 3.13. The lowest BCUT2D eigenvalue weighted by atomic mass is 10.1. The van der Waals surface area contributed by atoms with Gasteiger partial charge in [0.25, 0.3) is 0 Å². The van der Waals surface area contributed by atoms with Crippen LogP contribution in [0, 0.1) is 19.7 Å². The van der Waals surface area contributed by atoms with Crippen molar-refractivity contribution in [3.8, 4) is 11.6 Å². The van der Waals surface area contributed by atoms with Crippen LogP contribution in [-0.4, -0.2) is 11.0 Å². The van der Waals surface area contributed by atoms with Crippen molar-refractivity contribution < 1.29 is 9.13 Å². The van der Waals surface area contributed by atoms with Gasteiger partial charge in [0.1, 0.15) is 11.6 Å². The number of aryl methyl sites for hydroxylation is 2. The van der Waals surface area contributed by atoms with E-state index in [4.69, 9.17) is 4.74 Å². The molecule has 3 nitrogen and oxygen atoms in total. The summed E-state index contributed by atoms with van der Waals surface area (Å²) in [6.07, 6.45) is 1.18. The van der Waals surface area contributed by atoms with Gasteiger partial charge in [0.2, 0.25) is 5.88 Å². The lowest BCUT2D eigenvalue weighted by molar-refractivity contribution is 0.442. The maximum absolute atomic E-state index is 13.4. The number of hydrogen-bond acceptors (Lipinski definition) is 3. The molecule has 0 fully saturated rings. The molecule has 0 saturated heterocycles. The summed E-state index contributed by atoms with van der Waals surface area (Å²) in [5.41, 5.74) is 2.92. The maximum Gasteiger partial charge on any atom is 0.223 e. The Hall–Kier alpha value is -1.94. The third-order valence-electron chi connectivity index (χ3n) is 3.13. The molecule has 2 aromatic rings. The number of nitrogens with one attached hydrogen (secondary N) is 1. The number of nitrogens with zero attached hydrogens (tertiary/aromatic N) is 1. The molecule has 0 amide bonds. The fourth-order valence-corrected chi connectivity index (χ4v) is 2.02. The molecule has 4 heteroatoms. The largest absolute Gasteiger partial charge is 0.438 e. The van der Waals surface area contributed by atoms with Gasteiger partial charge in [-0.25, -0.2) is 9.37 Å². The second-order valence-electron chi connectivity index (χ2n) is 5.52. The van der Waals surface area contributed by atoms with Crippen LogP contribution in [0.2, 0.25) is 0 Å². The average molecular weight is 288 g/mol. The summed E-state index contributed by atoms with van der Waals surface area (Å²) in [6, 6.07) is 7.71. The maximum atomic E-state index is 13.4. The van der Waals surface area contributed by atoms with E-state index in [1.54, 1.807) is 0 Å². The van der Waals surface area contributed by atoms with Crippen LogP contribution in [0.3, 0.4) is 0 Å². The van der Waals surface area contributed by atoms with Gasteiger partial charge in [0, 0.05) is 18.2 Å². The molecule has 0 bridgehead atoms. The fraction of sp³-hybridized carbons (Fsp3) is 0.353. The van der Waals surface area contributed by atoms with Gasteiger partial charge in [-0.05, 0) is 31.5 Å². The number of pyridine rings is 1. The van der Waals surface area contributed by atoms with E-state index in [0.717, 1.165) is 11.3 Å². The molecule has 0 aliphatic heterocycles. The Bertz CT molecular complexity index is 626. The van der Waals surface area contributed by atoms with Crippen molar-refractivity contribution in [2.45, 2.75) is 40.3 Å². The second kappa shape index (κ2) is 6.68. The van der Waals surface area contributed by atoms with Crippen LogP contribution in [0.15, 0.2) is 30.5 Å². The molecular formula is C17H21FN2O. The van der Waals surface area contributed by atoms with Gasteiger partial charge in [-0.3, -0.25) is 0 Å². The summed E-state index contributed by atoms with van der Waals surface area (Å²) in [6.45, 7) is 8.61. The number of ether oxygens (including phenoxy) is 1. The predicted molar refractivity (Wildman–Crippen MR) is 82.2 cm³/mol. The predicted octanol–water partition coefficient (Wildman–Crippen LogP) is 4.13. The number of aromatic nitrogens is 1. The number of benzene rings is 1. The van der Waals surface area contributed by atoms with Gasteiger partial charge in [0.05, 0.1) is 6.20 Å². The Morgan fingerprint density at radius 3 is 2.67 bits per heavy atom. The van der Waals surface area contributed by atoms with Crippen LogP contribution in [-0.2, 0) is 6.54 Å². The molecule has 1 aromatic carbocycles. The molecular weight excluding hydrogens is 267 g/mol. The molecule has 112 valence electrons. The van der Waals surface area contributed by atoms with Gasteiger partial charge in [-0.1, -0.05) is 31.5 Å². The van der Waals surface area contributed by atoms with Crippen LogP contribution in [0.25, 0.3) is 0 Å². The summed E-state index contributed by atoms with van der Waals surface area (Å²) in [4.78, 5) is 4.08. The van der Waals surface area contributed by atoms with E-state index >= 15 is 0 Å². The lowest BCUT2D eigenvalue weighted by Gasteiger charge is -2.14. The normalized spacial score (nSPS) is 11.0. The fourth-order valence-electron chi connectivity index (χ4n) is 2.02. The van der Waals surface area contributed by atoms with Gasteiger partial charge >= 0.3 is 0 Å². The Morgan fingerprint density at radius 1 is 1.24 bits per heavy atom. The molecule has 1 aromatic heterocycles. The van der Waals surface area contributed by atoms with Gasteiger partial charge in [-0.15, -0.1) is 0 Å². The van der Waals surface area contributed by atoms with E-state index in [9.17, 15) is 4.39 Å². The van der Waals surface area contributed by atoms with E-state index in [2.05, 4.69) is 10.3 Å². The molecule has 1 N–H and O–H groups in total. The van der Waals surface area contributed by atoms with Crippen LogP contribution in [0.4, 0.5) is 4.39 Å². The third kappa shape index (κ3) is 4.26. The van der Waals surface area contributed by atoms with Crippen LogP contribution in [0.5, 0.6) is 11.6 Å². The Labute approximate surface area is 125 Å². The van der Waals surface area contributed by atoms with E-state index < -0.39 is 0 Å². The first-order valence-corrected chi connectivity index (χ1v) is 7.08. The number of rotatable bonds is 5. The minimum atomic E-state index is -0.358. The molecule has 0 aliphatic rings. The highest BCUT2D eigenvalue weighted by atomic mass is 19.1. The monoisotopic (exact) mass is 288 g/mol. The average Bonchev–Trinajstić information content (AvgIpc) is 2.41. The smallest absolute Gasteiger partial charge is 0.223 e. The number of hydrogen-bond donors (Lipinski definition) is 1. The van der Waals surface area contributed by atoms with E-state index in [1.807, 2.05) is 45.9 Å². The Balaban J connectivity index is 2.26. The van der Waals surface area contributed by atoms with Gasteiger partial charge < -0.3 is 10.1 Å². The van der Waals surface area contributed by atoms with Crippen molar-refractivity contribution >= 4 is 0 Å². The summed E-state index contributed by atoms with van der Waals surface area (Å²) < 4.78 is 19.3. The SMILES string of the molecule is Cc1ccc(Oc2ncc(F)cc2CNC(C)C)c(C)c1. The molecule has 0 atom stereocenters. The molecule has 1 heterocycles. The zero-order valence-corrected chi connectivity index (χ0v) is 12.9. The van der Waals surface area contributed by atoms with Crippen molar-refractivity contribution in [2.75, 3.05) is 0 Å². The van der Waals surface area contributed by atoms with Crippen LogP contribution in [0.1, 0.15) is 30.5 Å². The molecule has 0 saturated carbocycles. The zero-order valence-electron chi connectivity index (χ0n) is 12.9. The summed E-state index contributed by atoms with van der Waals surface area (Å²) >= 11 is 0. The summed E-state index contributed by atoms with van der Waals surface area (Å²) in [5.74, 6) is 0.825. The van der Waals surface area contributed by atoms with Crippen LogP contribution < -0.4 is 10.1 Å². The van der Waals surface area contributed by atoms with E-state index in [1.165, 1.54) is 17.8 Å². The van der Waals surface area contributed by atoms with Crippen molar-refractivity contribution in [3.05, 3.63) is 53.0 Å². The molecule has 2 rings (SSSR count). The van der Waals surface area contributed by atoms with Crippen LogP contribution >= 0.6 is 0 Å². The minimum absolute atomic E-state index is 0.308. The highest BCUT2D eigenvalue weighted by Crippen LogP contribution is 2.27. The first kappa shape index (κ1) is 15.4. The van der Waals surface area contributed by atoms with Crippen molar-refractivity contribution in [1.82, 2.24) is 10.3 Å². The van der Waals surface area contributed by atoms with Crippen molar-refractivity contribution in [1.29, 1.82) is 0 Å². The number of halogens is 1. The van der Waals surface area contributed by atoms with Gasteiger partial charge in [-0.2, -0.15) is 0 Å². The van der Waals surface area contributed by atoms with Crippen molar-refractivity contribution in [3.63, 3.8) is 0 Å². The molecule has 0 aliphatic carbocycles. The first-order chi connectivity index (χ1) is 9.95. The highest BCUT2D eigenvalue weighted by molar-refractivity contribution is 5.39. The Kier molecular flexibility index (Phi) is 4.91. The van der Waals surface area contributed by atoms with E-state index in [-0.39, 0.29) is 5.82 Å². The standard InChI is InChI=1S/C17H21FN2O/c1-11(2)19-9-14-8-15(18)10-20-17(14)21-16-6-5-12(3)7-13(16)4/h5-8,10-11,19H,9H2,1-4H3. The van der Waals surface area contributed by atoms with Crippen molar-refractivity contribution in [2.24, 2.45) is 0 Å². The molecule has 21 heavy (non-hydrogen) atoms. The summed E-state index contributed by atoms with van der Waals surface area (Å²) in [7, 11) is 0.